The average Bonchev–Trinajstić information content (AvgIpc) is 3.42. The van der Waals surface area contributed by atoms with Gasteiger partial charge in [-0.1, -0.05) is 128 Å². The molecule has 0 aromatic heterocycles. The number of likely N-dealkylation sites (tertiary alicyclic amines) is 1. The van der Waals surface area contributed by atoms with E-state index in [0.717, 1.165) is 30.9 Å². The molecule has 0 bridgehead atoms. The summed E-state index contributed by atoms with van der Waals surface area (Å²) >= 11 is 0. The number of benzene rings is 3. The number of aliphatic carboxylic acids is 1. The topological polar surface area (TPSA) is 54.6 Å². The first-order valence-electron chi connectivity index (χ1n) is 14.4. The van der Waals surface area contributed by atoms with Gasteiger partial charge in [0, 0.05) is 6.54 Å². The van der Waals surface area contributed by atoms with Gasteiger partial charge in [-0.2, -0.15) is 0 Å². The number of carboxylic acids is 1. The van der Waals surface area contributed by atoms with Crippen LogP contribution in [0.4, 0.5) is 0 Å². The molecule has 2 fully saturated rings. The van der Waals surface area contributed by atoms with Crippen LogP contribution in [-0.4, -0.2) is 41.7 Å². The second kappa shape index (κ2) is 18.2. The average molecular weight is 551 g/mol. The van der Waals surface area contributed by atoms with E-state index < -0.39 is 12.0 Å². The van der Waals surface area contributed by atoms with E-state index in [1.165, 1.54) is 57.2 Å². The number of rotatable bonds is 10. The molecule has 5 rings (SSSR count). The smallest absolute Gasteiger partial charge is 0.644 e. The zero-order valence-corrected chi connectivity index (χ0v) is 26.7. The maximum atomic E-state index is 11.8. The number of nitrogens with zero attached hydrogens (tertiary/aromatic N) is 2. The van der Waals surface area contributed by atoms with Crippen molar-refractivity contribution in [2.45, 2.75) is 63.5 Å². The molecule has 1 heterocycles. The summed E-state index contributed by atoms with van der Waals surface area (Å²) in [4.78, 5) is 14.4. The van der Waals surface area contributed by atoms with E-state index in [4.69, 9.17) is 5.32 Å². The van der Waals surface area contributed by atoms with Gasteiger partial charge < -0.3 is 15.3 Å². The van der Waals surface area contributed by atoms with E-state index in [0.29, 0.717) is 5.92 Å². The van der Waals surface area contributed by atoms with E-state index in [-0.39, 0.29) is 57.4 Å². The predicted octanol–water partition coefficient (Wildman–Crippen LogP) is 4.78. The Balaban J connectivity index is 0.000000531. The summed E-state index contributed by atoms with van der Waals surface area (Å²) in [5, 5.41) is 14.4. The van der Waals surface area contributed by atoms with Crippen molar-refractivity contribution >= 4 is 5.97 Å². The van der Waals surface area contributed by atoms with Crippen LogP contribution in [0.5, 0.6) is 0 Å². The van der Waals surface area contributed by atoms with Crippen LogP contribution in [0, 0.1) is 11.8 Å². The molecule has 0 amide bonds. The minimum atomic E-state index is -0.839. The minimum Gasteiger partial charge on any atom is -0.644 e. The van der Waals surface area contributed by atoms with Crippen molar-refractivity contribution in [2.24, 2.45) is 11.8 Å². The van der Waals surface area contributed by atoms with Gasteiger partial charge in [0.15, 0.2) is 0 Å². The molecule has 3 atom stereocenters. The van der Waals surface area contributed by atoms with Crippen molar-refractivity contribution < 1.29 is 61.3 Å². The van der Waals surface area contributed by atoms with Crippen LogP contribution in [0.25, 0.3) is 5.32 Å². The molecule has 39 heavy (non-hydrogen) atoms. The van der Waals surface area contributed by atoms with Gasteiger partial charge in [0.2, 0.25) is 0 Å². The Morgan fingerprint density at radius 2 is 1.36 bits per heavy atom. The van der Waals surface area contributed by atoms with E-state index in [2.05, 4.69) is 35.2 Å². The van der Waals surface area contributed by atoms with Gasteiger partial charge in [0.1, 0.15) is 0 Å². The van der Waals surface area contributed by atoms with E-state index >= 15 is 0 Å². The maximum absolute atomic E-state index is 11.8. The molecule has 1 N–H and O–H groups in total. The first-order valence-corrected chi connectivity index (χ1v) is 14.4. The van der Waals surface area contributed by atoms with Gasteiger partial charge in [-0.15, -0.1) is 6.04 Å². The van der Waals surface area contributed by atoms with Gasteiger partial charge in [-0.3, -0.25) is 4.79 Å². The molecule has 1 saturated heterocycles. The second-order valence-electron chi connectivity index (χ2n) is 10.9. The van der Waals surface area contributed by atoms with Crippen molar-refractivity contribution in [3.8, 4) is 0 Å². The summed E-state index contributed by atoms with van der Waals surface area (Å²) in [5.74, 6) is 0.695. The van der Waals surface area contributed by atoms with Gasteiger partial charge in [-0.05, 0) is 62.2 Å². The molecule has 202 valence electrons. The molecule has 0 spiro atoms. The van der Waals surface area contributed by atoms with Gasteiger partial charge in [-0.25, -0.2) is 0 Å². The first kappa shape index (κ1) is 32.2. The Labute approximate surface area is 278 Å². The second-order valence-corrected chi connectivity index (χ2v) is 10.9. The molecule has 3 aromatic rings. The van der Waals surface area contributed by atoms with Crippen molar-refractivity contribution in [1.82, 2.24) is 4.90 Å². The number of carboxylic acid groups (broad SMARTS) is 1. The quantitative estimate of drug-likeness (QED) is 0.370. The Morgan fingerprint density at radius 1 is 0.795 bits per heavy atom. The van der Waals surface area contributed by atoms with Crippen molar-refractivity contribution in [3.05, 3.63) is 114 Å². The molecular formula is C34H43KN2O2. The molecule has 3 aromatic carbocycles. The zero-order valence-electron chi connectivity index (χ0n) is 23.6. The summed E-state index contributed by atoms with van der Waals surface area (Å²) in [7, 11) is 0. The van der Waals surface area contributed by atoms with Gasteiger partial charge in [0.05, 0.1) is 0 Å². The molecule has 0 radical (unpaired) electrons. The fourth-order valence-electron chi connectivity index (χ4n) is 5.94. The summed E-state index contributed by atoms with van der Waals surface area (Å²) in [6, 6.07) is 31.7. The van der Waals surface area contributed by atoms with Crippen molar-refractivity contribution in [3.63, 3.8) is 0 Å². The summed E-state index contributed by atoms with van der Waals surface area (Å²) in [5.41, 5.74) is 2.25. The molecule has 2 aliphatic rings. The van der Waals surface area contributed by atoms with Crippen LogP contribution in [0.3, 0.4) is 0 Å². The minimum absolute atomic E-state index is 0. The predicted molar refractivity (Wildman–Crippen MR) is 156 cm³/mol. The number of hydrogen-bond donors (Lipinski definition) is 1. The van der Waals surface area contributed by atoms with E-state index in [9.17, 15) is 9.90 Å². The fourth-order valence-corrected chi connectivity index (χ4v) is 5.94. The molecule has 3 unspecified atom stereocenters. The SMILES string of the molecule is O=C(O)C([N-]C1CCC(CN2CCC(CCCc3ccccc3)CC2)C1)c1ccccc1.[K+].c1ccccc1. The summed E-state index contributed by atoms with van der Waals surface area (Å²) < 4.78 is 0. The van der Waals surface area contributed by atoms with Gasteiger partial charge >= 0.3 is 51.4 Å². The third kappa shape index (κ3) is 11.6. The van der Waals surface area contributed by atoms with Crippen LogP contribution >= 0.6 is 0 Å². The number of piperidine rings is 1. The Hall–Kier alpha value is -1.31. The zero-order chi connectivity index (χ0) is 26.4. The van der Waals surface area contributed by atoms with Crippen molar-refractivity contribution in [2.75, 3.05) is 19.6 Å². The Kier molecular flexibility index (Phi) is 15.0. The van der Waals surface area contributed by atoms with Crippen LogP contribution in [0.2, 0.25) is 0 Å². The Morgan fingerprint density at radius 3 is 1.95 bits per heavy atom. The number of hydrogen-bond acceptors (Lipinski definition) is 2. The monoisotopic (exact) mass is 550 g/mol. The largest absolute Gasteiger partial charge is 1.00 e. The number of aryl methyl sites for hydroxylation is 1. The standard InChI is InChI=1S/C28H37N2O2.C6H6.K/c31-28(32)27(25-12-5-2-6-13-25)29-26-15-14-24(20-26)21-30-18-16-23(17-19-30)11-7-10-22-8-3-1-4-9-22;1-2-4-6-5-3-1;/h1-6,8-9,12-13,23-24,26-27H,7,10-11,14-21H2,(H,31,32);1-6H;/q-1;;+1. The third-order valence-electron chi connectivity index (χ3n) is 8.03. The molecule has 4 nitrogen and oxygen atoms in total. The fraction of sp³-hybridized carbons (Fsp3) is 0.441. The van der Waals surface area contributed by atoms with E-state index in [1.54, 1.807) is 0 Å². The van der Waals surface area contributed by atoms with Crippen LogP contribution in [-0.2, 0) is 11.2 Å². The Bertz CT molecular complexity index is 1020. The third-order valence-corrected chi connectivity index (χ3v) is 8.03. The molecule has 1 aliphatic carbocycles. The first-order chi connectivity index (χ1) is 18.7. The normalized spacial score (nSPS) is 20.3. The van der Waals surface area contributed by atoms with Crippen LogP contribution in [0.1, 0.15) is 62.1 Å². The molecule has 1 aliphatic heterocycles. The van der Waals surface area contributed by atoms with E-state index in [1.807, 2.05) is 66.7 Å². The van der Waals surface area contributed by atoms with Crippen LogP contribution in [0.15, 0.2) is 97.1 Å². The number of carbonyl (C=O) groups is 1. The van der Waals surface area contributed by atoms with Crippen LogP contribution < -0.4 is 51.4 Å². The molecule has 5 heteroatoms. The molecular weight excluding hydrogens is 507 g/mol. The van der Waals surface area contributed by atoms with Gasteiger partial charge in [0.25, 0.3) is 5.97 Å². The summed E-state index contributed by atoms with van der Waals surface area (Å²) in [6.07, 6.45) is 9.73. The maximum Gasteiger partial charge on any atom is 1.00 e. The van der Waals surface area contributed by atoms with Crippen molar-refractivity contribution in [1.29, 1.82) is 0 Å². The molecule has 1 saturated carbocycles. The summed E-state index contributed by atoms with van der Waals surface area (Å²) in [6.45, 7) is 3.60.